The Morgan fingerprint density at radius 1 is 1.36 bits per heavy atom. The summed E-state index contributed by atoms with van der Waals surface area (Å²) in [5.41, 5.74) is 4.31. The summed E-state index contributed by atoms with van der Waals surface area (Å²) in [5.74, 6) is 1.58. The number of aliphatic imine (C=N–C) groups is 1. The molecule has 0 spiro atoms. The molecule has 8 nitrogen and oxygen atoms in total. The van der Waals surface area contributed by atoms with E-state index in [0.29, 0.717) is 26.1 Å². The summed E-state index contributed by atoms with van der Waals surface area (Å²) in [6.45, 7) is 3.62. The van der Waals surface area contributed by atoms with E-state index in [9.17, 15) is 9.90 Å². The van der Waals surface area contributed by atoms with Gasteiger partial charge in [-0.1, -0.05) is 0 Å². The molecule has 2 aromatic heterocycles. The molecule has 0 bridgehead atoms. The van der Waals surface area contributed by atoms with Crippen LogP contribution in [-0.4, -0.2) is 58.9 Å². The van der Waals surface area contributed by atoms with Crippen LogP contribution in [0.1, 0.15) is 34.9 Å². The topological polar surface area (TPSA) is 99.9 Å². The van der Waals surface area contributed by atoms with Crippen LogP contribution in [-0.2, 0) is 24.2 Å². The average Bonchev–Trinajstić information content (AvgIpc) is 3.45. The monoisotopic (exact) mass is 465 g/mol. The Hall–Kier alpha value is -3.04. The van der Waals surface area contributed by atoms with Crippen LogP contribution >= 0.6 is 11.3 Å². The number of methoxy groups -OCH3 is 1. The highest BCUT2D eigenvalue weighted by atomic mass is 32.1. The molecule has 172 valence electrons. The molecule has 1 atom stereocenters. The Kier molecular flexibility index (Phi) is 5.99. The van der Waals surface area contributed by atoms with Gasteiger partial charge in [-0.3, -0.25) is 9.79 Å². The number of rotatable bonds is 7. The van der Waals surface area contributed by atoms with E-state index in [-0.39, 0.29) is 18.4 Å². The largest absolute Gasteiger partial charge is 0.495 e. The fourth-order valence-corrected chi connectivity index (χ4v) is 6.02. The van der Waals surface area contributed by atoms with Gasteiger partial charge in [0.25, 0.3) is 0 Å². The number of anilines is 2. The van der Waals surface area contributed by atoms with Crippen LogP contribution in [0.2, 0.25) is 0 Å². The summed E-state index contributed by atoms with van der Waals surface area (Å²) in [4.78, 5) is 30.3. The van der Waals surface area contributed by atoms with E-state index >= 15 is 0 Å². The van der Waals surface area contributed by atoms with Crippen molar-refractivity contribution in [2.45, 2.75) is 32.7 Å². The van der Waals surface area contributed by atoms with Crippen molar-refractivity contribution >= 4 is 45.2 Å². The van der Waals surface area contributed by atoms with E-state index in [1.165, 1.54) is 10.4 Å². The summed E-state index contributed by atoms with van der Waals surface area (Å²) >= 11 is 1.64. The molecule has 1 aromatic carbocycles. The third kappa shape index (κ3) is 3.95. The summed E-state index contributed by atoms with van der Waals surface area (Å²) in [6, 6.07) is 4.07. The van der Waals surface area contributed by atoms with Crippen molar-refractivity contribution in [1.82, 2.24) is 14.9 Å². The lowest BCUT2D eigenvalue weighted by Gasteiger charge is -2.28. The van der Waals surface area contributed by atoms with Crippen molar-refractivity contribution in [2.75, 3.05) is 32.1 Å². The van der Waals surface area contributed by atoms with Crippen molar-refractivity contribution < 1.29 is 14.6 Å². The smallest absolute Gasteiger partial charge is 0.226 e. The highest BCUT2D eigenvalue weighted by Crippen LogP contribution is 2.42. The molecule has 1 aliphatic heterocycles. The molecule has 0 saturated carbocycles. The zero-order valence-electron chi connectivity index (χ0n) is 18.8. The molecule has 0 fully saturated rings. The van der Waals surface area contributed by atoms with Gasteiger partial charge in [-0.25, -0.2) is 9.97 Å². The molecule has 3 aromatic rings. The van der Waals surface area contributed by atoms with Gasteiger partial charge in [0.15, 0.2) is 0 Å². The second kappa shape index (κ2) is 9.07. The van der Waals surface area contributed by atoms with Crippen molar-refractivity contribution in [2.24, 2.45) is 10.9 Å². The number of aliphatic hydroxyl groups is 1. The maximum Gasteiger partial charge on any atom is 0.226 e. The van der Waals surface area contributed by atoms with Crippen molar-refractivity contribution in [3.8, 4) is 5.75 Å². The SMILES string of the molecule is CCN(CCO)C(=O)[C@@H]1CCc2c(sc3ncnc(Nc4cc5c(cc4OC)CN=C5)c23)C1. The molecule has 5 rings (SSSR count). The number of aromatic nitrogens is 2. The Morgan fingerprint density at radius 2 is 2.24 bits per heavy atom. The van der Waals surface area contributed by atoms with E-state index < -0.39 is 0 Å². The predicted octanol–water partition coefficient (Wildman–Crippen LogP) is 3.32. The quantitative estimate of drug-likeness (QED) is 0.555. The molecule has 33 heavy (non-hydrogen) atoms. The highest BCUT2D eigenvalue weighted by Gasteiger charge is 2.31. The summed E-state index contributed by atoms with van der Waals surface area (Å²) < 4.78 is 5.62. The van der Waals surface area contributed by atoms with Crippen LogP contribution < -0.4 is 10.1 Å². The minimum absolute atomic E-state index is 0.0108. The Morgan fingerprint density at radius 3 is 3.03 bits per heavy atom. The average molecular weight is 466 g/mol. The first-order valence-corrected chi connectivity index (χ1v) is 12.1. The summed E-state index contributed by atoms with van der Waals surface area (Å²) in [6.07, 6.45) is 5.76. The molecule has 0 unspecified atom stereocenters. The second-order valence-electron chi connectivity index (χ2n) is 8.33. The lowest BCUT2D eigenvalue weighted by Crippen LogP contribution is -2.39. The second-order valence-corrected chi connectivity index (χ2v) is 9.42. The van der Waals surface area contributed by atoms with Gasteiger partial charge in [0.1, 0.15) is 22.7 Å². The number of ether oxygens (including phenoxy) is 1. The van der Waals surface area contributed by atoms with E-state index in [4.69, 9.17) is 4.74 Å². The fraction of sp³-hybridized carbons (Fsp3) is 0.417. The lowest BCUT2D eigenvalue weighted by molar-refractivity contribution is -0.136. The fourth-order valence-electron chi connectivity index (χ4n) is 4.75. The van der Waals surface area contributed by atoms with Crippen LogP contribution in [0.15, 0.2) is 23.5 Å². The molecule has 1 amide bonds. The predicted molar refractivity (Wildman–Crippen MR) is 130 cm³/mol. The standard InChI is InChI=1S/C24H27N5O3S/c1-3-29(6-7-30)24(31)14-4-5-17-20(10-14)33-23-21(17)22(26-13-27-23)28-18-8-15-11-25-12-16(15)9-19(18)32-2/h8-9,11,13-14,30H,3-7,10,12H2,1-2H3,(H,26,27,28)/t14-/m1/s1. The first kappa shape index (κ1) is 21.8. The summed E-state index contributed by atoms with van der Waals surface area (Å²) in [7, 11) is 1.66. The van der Waals surface area contributed by atoms with Gasteiger partial charge >= 0.3 is 0 Å². The first-order chi connectivity index (χ1) is 16.1. The number of nitrogens with zero attached hydrogens (tertiary/aromatic N) is 4. The number of thiophene rings is 1. The number of fused-ring (bicyclic) bond motifs is 4. The number of likely N-dealkylation sites (N-methyl/N-ethyl adjacent to an activating group) is 1. The normalized spacial score (nSPS) is 16.5. The molecule has 2 aliphatic rings. The Balaban J connectivity index is 1.47. The minimum Gasteiger partial charge on any atom is -0.495 e. The van der Waals surface area contributed by atoms with Gasteiger partial charge in [-0.15, -0.1) is 11.3 Å². The van der Waals surface area contributed by atoms with Crippen LogP contribution in [0.5, 0.6) is 5.75 Å². The molecule has 1 aliphatic carbocycles. The molecule has 3 heterocycles. The van der Waals surface area contributed by atoms with Crippen LogP contribution in [0.3, 0.4) is 0 Å². The maximum absolute atomic E-state index is 13.0. The number of nitrogens with one attached hydrogen (secondary N) is 1. The van der Waals surface area contributed by atoms with Crippen molar-refractivity contribution in [3.63, 3.8) is 0 Å². The zero-order chi connectivity index (χ0) is 22.9. The van der Waals surface area contributed by atoms with Gasteiger partial charge in [-0.05, 0) is 55.0 Å². The molecule has 0 saturated heterocycles. The van der Waals surface area contributed by atoms with E-state index in [1.807, 2.05) is 25.3 Å². The third-order valence-electron chi connectivity index (χ3n) is 6.46. The van der Waals surface area contributed by atoms with E-state index in [2.05, 4.69) is 20.3 Å². The van der Waals surface area contributed by atoms with Gasteiger partial charge in [0, 0.05) is 30.1 Å². The molecular weight excluding hydrogens is 438 g/mol. The number of amides is 1. The number of carbonyl (C=O) groups is 1. The number of aliphatic hydroxyl groups excluding tert-OH is 1. The summed E-state index contributed by atoms with van der Waals surface area (Å²) in [5, 5.41) is 13.8. The first-order valence-electron chi connectivity index (χ1n) is 11.3. The zero-order valence-corrected chi connectivity index (χ0v) is 19.6. The number of hydrogen-bond acceptors (Lipinski definition) is 8. The number of hydrogen-bond donors (Lipinski definition) is 2. The van der Waals surface area contributed by atoms with E-state index in [0.717, 1.165) is 51.4 Å². The van der Waals surface area contributed by atoms with Crippen molar-refractivity contribution in [1.29, 1.82) is 0 Å². The molecule has 2 N–H and O–H groups in total. The molecular formula is C24H27N5O3S. The molecule has 9 heteroatoms. The van der Waals surface area contributed by atoms with Gasteiger partial charge in [0.2, 0.25) is 5.91 Å². The number of carbonyl (C=O) groups excluding carboxylic acids is 1. The minimum atomic E-state index is -0.0578. The maximum atomic E-state index is 13.0. The number of benzene rings is 1. The Labute approximate surface area is 196 Å². The number of aryl methyl sites for hydroxylation is 1. The van der Waals surface area contributed by atoms with Crippen LogP contribution in [0.25, 0.3) is 10.2 Å². The van der Waals surface area contributed by atoms with E-state index in [1.54, 1.807) is 29.7 Å². The van der Waals surface area contributed by atoms with Gasteiger partial charge < -0.3 is 20.1 Å². The Bertz CT molecular complexity index is 1240. The highest BCUT2D eigenvalue weighted by molar-refractivity contribution is 7.19. The van der Waals surface area contributed by atoms with Gasteiger partial charge in [-0.2, -0.15) is 0 Å². The lowest BCUT2D eigenvalue weighted by atomic mass is 9.87. The van der Waals surface area contributed by atoms with Crippen LogP contribution in [0, 0.1) is 5.92 Å². The van der Waals surface area contributed by atoms with Gasteiger partial charge in [0.05, 0.1) is 31.3 Å². The third-order valence-corrected chi connectivity index (χ3v) is 7.63. The molecule has 0 radical (unpaired) electrons. The van der Waals surface area contributed by atoms with Crippen LogP contribution in [0.4, 0.5) is 11.5 Å². The van der Waals surface area contributed by atoms with Crippen molar-refractivity contribution in [3.05, 3.63) is 40.0 Å².